The lowest BCUT2D eigenvalue weighted by atomic mass is 9.79. The van der Waals surface area contributed by atoms with Crippen molar-refractivity contribution in [2.75, 3.05) is 46.9 Å². The molecule has 25 heavy (non-hydrogen) atoms. The second-order valence-electron chi connectivity index (χ2n) is 6.41. The van der Waals surface area contributed by atoms with Gasteiger partial charge in [-0.1, -0.05) is 0 Å². The maximum Gasteiger partial charge on any atom is 0.244 e. The van der Waals surface area contributed by atoms with Crippen molar-refractivity contribution >= 4 is 15.9 Å². The predicted molar refractivity (Wildman–Crippen MR) is 93.5 cm³/mol. The van der Waals surface area contributed by atoms with E-state index in [4.69, 9.17) is 4.74 Å². The smallest absolute Gasteiger partial charge is 0.244 e. The van der Waals surface area contributed by atoms with Gasteiger partial charge < -0.3 is 15.4 Å². The number of hydrogen-bond donors (Lipinski definition) is 2. The average Bonchev–Trinajstić information content (AvgIpc) is 2.62. The summed E-state index contributed by atoms with van der Waals surface area (Å²) in [5.41, 5.74) is -0.101. The molecule has 0 bridgehead atoms. The van der Waals surface area contributed by atoms with Gasteiger partial charge in [0, 0.05) is 38.5 Å². The number of amides is 1. The zero-order valence-corrected chi connectivity index (χ0v) is 15.5. The number of likely N-dealkylation sites (N-methyl/N-ethyl adjacent to an activating group) is 1. The third-order valence-corrected chi connectivity index (χ3v) is 6.27. The van der Waals surface area contributed by atoms with Gasteiger partial charge in [-0.25, -0.2) is 8.42 Å². The Kier molecular flexibility index (Phi) is 6.88. The number of rotatable bonds is 8. The van der Waals surface area contributed by atoms with Crippen molar-refractivity contribution in [2.45, 2.75) is 17.7 Å². The summed E-state index contributed by atoms with van der Waals surface area (Å²) >= 11 is 0. The molecule has 1 aliphatic rings. The van der Waals surface area contributed by atoms with Crippen LogP contribution in [0.1, 0.15) is 12.8 Å². The van der Waals surface area contributed by atoms with E-state index in [-0.39, 0.29) is 22.8 Å². The zero-order valence-electron chi connectivity index (χ0n) is 14.7. The molecule has 8 nitrogen and oxygen atoms in total. The minimum atomic E-state index is -3.73. The second kappa shape index (κ2) is 8.70. The Hall–Kier alpha value is -1.55. The van der Waals surface area contributed by atoms with Crippen molar-refractivity contribution in [3.05, 3.63) is 24.5 Å². The average molecular weight is 370 g/mol. The molecule has 2 rings (SSSR count). The summed E-state index contributed by atoms with van der Waals surface area (Å²) < 4.78 is 31.2. The third kappa shape index (κ3) is 5.21. The summed E-state index contributed by atoms with van der Waals surface area (Å²) in [6, 6.07) is 3.01. The van der Waals surface area contributed by atoms with Gasteiger partial charge in [-0.05, 0) is 38.1 Å². The Bertz CT molecular complexity index is 654. The molecule has 1 amide bonds. The van der Waals surface area contributed by atoms with Crippen LogP contribution in [0.4, 0.5) is 0 Å². The van der Waals surface area contributed by atoms with Crippen LogP contribution in [0, 0.1) is 5.41 Å². The van der Waals surface area contributed by atoms with E-state index in [0.29, 0.717) is 13.2 Å². The van der Waals surface area contributed by atoms with Crippen molar-refractivity contribution in [3.63, 3.8) is 0 Å². The minimum absolute atomic E-state index is 0.0690. The number of methoxy groups -OCH3 is 1. The standard InChI is InChI=1S/C16H26N4O4S/c1-20(25(22,23)14-4-3-7-18-10-14)11-15(21)19-12-16(13-24-2)5-8-17-9-6-16/h3-4,7,10,17H,5-6,8-9,11-13H2,1-2H3,(H,19,21). The fraction of sp³-hybridized carbons (Fsp3) is 0.625. The van der Waals surface area contributed by atoms with Crippen LogP contribution in [0.3, 0.4) is 0 Å². The Morgan fingerprint density at radius 2 is 2.16 bits per heavy atom. The molecule has 0 saturated carbocycles. The number of carbonyl (C=O) groups is 1. The molecule has 2 heterocycles. The molecule has 1 fully saturated rings. The van der Waals surface area contributed by atoms with Crippen LogP contribution in [0.15, 0.2) is 29.4 Å². The van der Waals surface area contributed by atoms with E-state index in [1.807, 2.05) is 0 Å². The molecular weight excluding hydrogens is 344 g/mol. The molecule has 2 N–H and O–H groups in total. The molecule has 1 saturated heterocycles. The first-order valence-electron chi connectivity index (χ1n) is 8.22. The first kappa shape index (κ1) is 19.8. The molecule has 1 aromatic rings. The number of sulfonamides is 1. The molecule has 0 radical (unpaired) electrons. The van der Waals surface area contributed by atoms with E-state index in [0.717, 1.165) is 30.2 Å². The van der Waals surface area contributed by atoms with Gasteiger partial charge >= 0.3 is 0 Å². The first-order valence-corrected chi connectivity index (χ1v) is 9.66. The molecule has 0 atom stereocenters. The fourth-order valence-electron chi connectivity index (χ4n) is 2.94. The van der Waals surface area contributed by atoms with Gasteiger partial charge in [0.2, 0.25) is 15.9 Å². The summed E-state index contributed by atoms with van der Waals surface area (Å²) in [7, 11) is -0.688. The van der Waals surface area contributed by atoms with Gasteiger partial charge in [-0.15, -0.1) is 0 Å². The van der Waals surface area contributed by atoms with Gasteiger partial charge in [0.05, 0.1) is 13.2 Å². The van der Waals surface area contributed by atoms with E-state index < -0.39 is 10.0 Å². The molecule has 1 aromatic heterocycles. The number of hydrogen-bond acceptors (Lipinski definition) is 6. The van der Waals surface area contributed by atoms with Crippen molar-refractivity contribution in [3.8, 4) is 0 Å². The summed E-state index contributed by atoms with van der Waals surface area (Å²) in [6.45, 7) is 2.57. The Balaban J connectivity index is 1.93. The number of pyridine rings is 1. The number of nitrogens with zero attached hydrogens (tertiary/aromatic N) is 2. The summed E-state index contributed by atoms with van der Waals surface area (Å²) in [4.78, 5) is 16.1. The lowest BCUT2D eigenvalue weighted by molar-refractivity contribution is -0.122. The molecule has 9 heteroatoms. The van der Waals surface area contributed by atoms with Crippen LogP contribution in [0.2, 0.25) is 0 Å². The van der Waals surface area contributed by atoms with E-state index in [2.05, 4.69) is 15.6 Å². The van der Waals surface area contributed by atoms with Gasteiger partial charge in [-0.3, -0.25) is 9.78 Å². The van der Waals surface area contributed by atoms with E-state index in [1.54, 1.807) is 13.2 Å². The first-order chi connectivity index (χ1) is 11.9. The molecule has 1 aliphatic heterocycles. The summed E-state index contributed by atoms with van der Waals surface area (Å²) in [5.74, 6) is -0.330. The molecule has 0 unspecified atom stereocenters. The Morgan fingerprint density at radius 3 is 2.76 bits per heavy atom. The number of nitrogens with one attached hydrogen (secondary N) is 2. The van der Waals surface area contributed by atoms with Crippen molar-refractivity contribution in [2.24, 2.45) is 5.41 Å². The van der Waals surface area contributed by atoms with Crippen molar-refractivity contribution in [1.29, 1.82) is 0 Å². The SMILES string of the molecule is COCC1(CNC(=O)CN(C)S(=O)(=O)c2cccnc2)CCNCC1. The van der Waals surface area contributed by atoms with Crippen LogP contribution in [0.5, 0.6) is 0 Å². The lowest BCUT2D eigenvalue weighted by Gasteiger charge is -2.37. The highest BCUT2D eigenvalue weighted by atomic mass is 32.2. The molecule has 140 valence electrons. The lowest BCUT2D eigenvalue weighted by Crippen LogP contribution is -2.48. The number of carbonyl (C=O) groups excluding carboxylic acids is 1. The zero-order chi connectivity index (χ0) is 18.3. The van der Waals surface area contributed by atoms with Crippen LogP contribution in [-0.4, -0.2) is 70.6 Å². The molecule has 0 spiro atoms. The predicted octanol–water partition coefficient (Wildman–Crippen LogP) is -0.165. The highest BCUT2D eigenvalue weighted by Crippen LogP contribution is 2.28. The number of piperidine rings is 1. The molecular formula is C16H26N4O4S. The highest BCUT2D eigenvalue weighted by molar-refractivity contribution is 7.89. The number of aromatic nitrogens is 1. The maximum atomic E-state index is 12.4. The van der Waals surface area contributed by atoms with Gasteiger partial charge in [0.15, 0.2) is 0 Å². The normalized spacial score (nSPS) is 17.4. The van der Waals surface area contributed by atoms with Crippen molar-refractivity contribution < 1.29 is 17.9 Å². The van der Waals surface area contributed by atoms with Gasteiger partial charge in [0.25, 0.3) is 0 Å². The Labute approximate surface area is 149 Å². The van der Waals surface area contributed by atoms with Gasteiger partial charge in [-0.2, -0.15) is 4.31 Å². The summed E-state index contributed by atoms with van der Waals surface area (Å²) in [6.07, 6.45) is 4.59. The quantitative estimate of drug-likeness (QED) is 0.659. The highest BCUT2D eigenvalue weighted by Gasteiger charge is 2.33. The van der Waals surface area contributed by atoms with Crippen molar-refractivity contribution in [1.82, 2.24) is 19.9 Å². The van der Waals surface area contributed by atoms with E-state index in [9.17, 15) is 13.2 Å². The topological polar surface area (TPSA) is 101 Å². The minimum Gasteiger partial charge on any atom is -0.384 e. The van der Waals surface area contributed by atoms with Crippen LogP contribution in [0.25, 0.3) is 0 Å². The number of ether oxygens (including phenoxy) is 1. The largest absolute Gasteiger partial charge is 0.384 e. The van der Waals surface area contributed by atoms with E-state index >= 15 is 0 Å². The maximum absolute atomic E-state index is 12.4. The van der Waals surface area contributed by atoms with Crippen LogP contribution >= 0.6 is 0 Å². The second-order valence-corrected chi connectivity index (χ2v) is 8.45. The fourth-order valence-corrected chi connectivity index (χ4v) is 4.04. The van der Waals surface area contributed by atoms with Crippen LogP contribution in [-0.2, 0) is 19.6 Å². The Morgan fingerprint density at radius 1 is 1.44 bits per heavy atom. The molecule has 0 aromatic carbocycles. The summed E-state index contributed by atoms with van der Waals surface area (Å²) in [5, 5.41) is 6.16. The monoisotopic (exact) mass is 370 g/mol. The third-order valence-electron chi connectivity index (χ3n) is 4.48. The van der Waals surface area contributed by atoms with E-state index in [1.165, 1.54) is 25.5 Å². The van der Waals surface area contributed by atoms with Crippen LogP contribution < -0.4 is 10.6 Å². The van der Waals surface area contributed by atoms with Gasteiger partial charge in [0.1, 0.15) is 4.90 Å². The molecule has 0 aliphatic carbocycles.